The Labute approximate surface area is 50.1 Å². The van der Waals surface area contributed by atoms with E-state index < -0.39 is 9.15 Å². The van der Waals surface area contributed by atoms with Gasteiger partial charge in [-0.1, -0.05) is 0 Å². The monoisotopic (exact) mass is 234 g/mol. The molecule has 1 N–H and O–H groups in total. The molecular weight excluding hydrogens is 231 g/mol. The minimum absolute atomic E-state index is 0.0923. The molecule has 0 amide bonds. The zero-order valence-corrected chi connectivity index (χ0v) is 7.18. The molecule has 36 valence electrons. The number of hydrogen-bond acceptors (Lipinski definition) is 2. The van der Waals surface area contributed by atoms with E-state index >= 15 is 0 Å². The van der Waals surface area contributed by atoms with Gasteiger partial charge in [0.25, 0.3) is 0 Å². The van der Waals surface area contributed by atoms with Crippen molar-refractivity contribution < 1.29 is 13.0 Å². The van der Waals surface area contributed by atoms with Crippen LogP contribution in [0.3, 0.4) is 0 Å². The first-order valence-electron chi connectivity index (χ1n) is 0.922. The predicted octanol–water partition coefficient (Wildman–Crippen LogP) is -0.662. The van der Waals surface area contributed by atoms with Crippen LogP contribution >= 0.6 is 7.46 Å². The van der Waals surface area contributed by atoms with E-state index in [0.717, 1.165) is 20.6 Å². The van der Waals surface area contributed by atoms with Gasteiger partial charge in [0.1, 0.15) is 0 Å². The first-order chi connectivity index (χ1) is 2.56. The van der Waals surface area contributed by atoms with Crippen LogP contribution in [-0.2, 0) is 9.15 Å². The number of thiol groups is 1. The van der Waals surface area contributed by atoms with Gasteiger partial charge in [0.15, 0.2) is 0 Å². The molecule has 6 heavy (non-hydrogen) atoms. The van der Waals surface area contributed by atoms with Crippen molar-refractivity contribution in [3.8, 4) is 0 Å². The van der Waals surface area contributed by atoms with Gasteiger partial charge in [0, 0.05) is 0 Å². The molecule has 0 aliphatic carbocycles. The zero-order valence-electron chi connectivity index (χ0n) is 2.62. The summed E-state index contributed by atoms with van der Waals surface area (Å²) >= 11 is 0.785. The van der Waals surface area contributed by atoms with Gasteiger partial charge in [-0.15, -0.1) is 0 Å². The first kappa shape index (κ1) is 7.06. The van der Waals surface area contributed by atoms with Crippen LogP contribution in [0.1, 0.15) is 0 Å². The molecule has 0 spiro atoms. The Hall–Kier alpha value is 1.06. The molecule has 0 saturated heterocycles. The van der Waals surface area contributed by atoms with E-state index in [-0.39, 0.29) is 7.46 Å². The molecule has 0 aliphatic rings. The summed E-state index contributed by atoms with van der Waals surface area (Å²) in [5.41, 5.74) is 0. The Balaban J connectivity index is 4.25. The fourth-order valence-electron chi connectivity index (χ4n) is 0. The van der Waals surface area contributed by atoms with E-state index in [0.29, 0.717) is 0 Å². The average Bonchev–Trinajstić information content (AvgIpc) is 1.35. The third-order valence-corrected chi connectivity index (χ3v) is 6.96. The summed E-state index contributed by atoms with van der Waals surface area (Å²) in [5, 5.41) is 0. The molecule has 0 bridgehead atoms. The molecule has 0 unspecified atom stereocenters. The maximum atomic E-state index is 9.57. The van der Waals surface area contributed by atoms with Gasteiger partial charge in [-0.25, -0.2) is 0 Å². The van der Waals surface area contributed by atoms with Crippen LogP contribution in [-0.4, -0.2) is 33.6 Å². The molecule has 3 nitrogen and oxygen atoms in total. The fraction of sp³-hybridized carbons (Fsp3) is 0. The Bertz CT molecular complexity index is 119. The number of rotatable bonds is 1. The second-order valence-electron chi connectivity index (χ2n) is 0.539. The molecule has 0 atom stereocenters. The Kier molecular flexibility index (Phi) is 2.81. The summed E-state index contributed by atoms with van der Waals surface area (Å²) in [6.45, 7) is 0. The molecule has 0 aromatic heterocycles. The maximum absolute atomic E-state index is 9.57. The van der Waals surface area contributed by atoms with Crippen molar-refractivity contribution in [2.45, 2.75) is 0 Å². The number of hydrogen-bond donors (Lipinski definition) is 2. The van der Waals surface area contributed by atoms with Gasteiger partial charge in [-0.05, 0) is 0 Å². The molecule has 0 aliphatic heterocycles. The van der Waals surface area contributed by atoms with Crippen molar-refractivity contribution >= 4 is 37.2 Å². The Morgan fingerprint density at radius 2 is 1.83 bits per heavy atom. The Morgan fingerprint density at radius 1 is 1.67 bits per heavy atom. The van der Waals surface area contributed by atoms with Crippen LogP contribution in [0.25, 0.3) is 0 Å². The van der Waals surface area contributed by atoms with Gasteiger partial charge < -0.3 is 0 Å². The van der Waals surface area contributed by atoms with Crippen molar-refractivity contribution in [1.29, 1.82) is 0 Å². The summed E-state index contributed by atoms with van der Waals surface area (Å²) in [5.74, 6) is 0. The standard InChI is InChI=1S/H2O3S2.Sn/c1-5(2,3)4;/h(H2,1,2,3,4);. The predicted molar refractivity (Wildman–Crippen MR) is 26.3 cm³/mol. The van der Waals surface area contributed by atoms with Gasteiger partial charge >= 0.3 is 50.2 Å². The van der Waals surface area contributed by atoms with E-state index in [4.69, 9.17) is 4.55 Å². The van der Waals surface area contributed by atoms with Crippen LogP contribution in [0.15, 0.2) is 0 Å². The molecule has 2 radical (unpaired) electrons. The molecule has 0 heterocycles. The van der Waals surface area contributed by atoms with Crippen molar-refractivity contribution in [2.24, 2.45) is 0 Å². The minimum atomic E-state index is -3.65. The third-order valence-electron chi connectivity index (χ3n) is 0.115. The SMILES string of the molecule is O=S(=O)(O)[SH]=[Sn]. The second-order valence-corrected chi connectivity index (χ2v) is 8.24. The molecule has 6 heteroatoms. The summed E-state index contributed by atoms with van der Waals surface area (Å²) < 4.78 is 26.9. The van der Waals surface area contributed by atoms with Crippen LogP contribution in [0.5, 0.6) is 0 Å². The van der Waals surface area contributed by atoms with E-state index in [1.807, 2.05) is 0 Å². The van der Waals surface area contributed by atoms with Crippen LogP contribution in [0, 0.1) is 0 Å². The summed E-state index contributed by atoms with van der Waals surface area (Å²) in [6.07, 6.45) is 0. The molecule has 0 aromatic rings. The van der Waals surface area contributed by atoms with E-state index in [1.54, 1.807) is 0 Å². The third kappa shape index (κ3) is 5.06. The topological polar surface area (TPSA) is 54.4 Å². The summed E-state index contributed by atoms with van der Waals surface area (Å²) in [4.78, 5) is 0. The summed E-state index contributed by atoms with van der Waals surface area (Å²) in [6, 6.07) is 0. The van der Waals surface area contributed by atoms with Crippen molar-refractivity contribution in [1.82, 2.24) is 0 Å². The van der Waals surface area contributed by atoms with Crippen molar-refractivity contribution in [2.75, 3.05) is 0 Å². The van der Waals surface area contributed by atoms with Crippen LogP contribution < -0.4 is 0 Å². The molecule has 0 saturated carbocycles. The molecule has 0 rings (SSSR count). The fourth-order valence-corrected chi connectivity index (χ4v) is 0. The van der Waals surface area contributed by atoms with Crippen molar-refractivity contribution in [3.63, 3.8) is 0 Å². The average molecular weight is 233 g/mol. The molecular formula is H2O3S2Sn. The van der Waals surface area contributed by atoms with Gasteiger partial charge in [0.05, 0.1) is 0 Å². The molecule has 0 fully saturated rings. The quantitative estimate of drug-likeness (QED) is 0.273. The van der Waals surface area contributed by atoms with Crippen molar-refractivity contribution in [3.05, 3.63) is 0 Å². The second kappa shape index (κ2) is 2.39. The van der Waals surface area contributed by atoms with Gasteiger partial charge in [0.2, 0.25) is 0 Å². The van der Waals surface area contributed by atoms with Gasteiger partial charge in [-0.2, -0.15) is 0 Å². The van der Waals surface area contributed by atoms with E-state index in [2.05, 4.69) is 0 Å². The van der Waals surface area contributed by atoms with E-state index in [9.17, 15) is 8.42 Å². The van der Waals surface area contributed by atoms with E-state index in [1.165, 1.54) is 0 Å². The van der Waals surface area contributed by atoms with Crippen LogP contribution in [0.2, 0.25) is 0 Å². The molecule has 0 aromatic carbocycles. The normalized spacial score (nSPS) is 11.5. The first-order valence-corrected chi connectivity index (χ1v) is 7.69. The summed E-state index contributed by atoms with van der Waals surface area (Å²) in [7, 11) is -3.56. The van der Waals surface area contributed by atoms with Crippen LogP contribution in [0.4, 0.5) is 0 Å². The Morgan fingerprint density at radius 3 is 1.83 bits per heavy atom. The zero-order chi connectivity index (χ0) is 5.21. The van der Waals surface area contributed by atoms with Gasteiger partial charge in [-0.3, -0.25) is 0 Å².